The van der Waals surface area contributed by atoms with Crippen molar-refractivity contribution in [3.63, 3.8) is 0 Å². The van der Waals surface area contributed by atoms with E-state index in [1.54, 1.807) is 30.0 Å². The van der Waals surface area contributed by atoms with Gasteiger partial charge in [-0.2, -0.15) is 0 Å². The Morgan fingerprint density at radius 1 is 1.41 bits per heavy atom. The summed E-state index contributed by atoms with van der Waals surface area (Å²) in [6.07, 6.45) is -1.29. The maximum Gasteiger partial charge on any atom is 0.409 e. The molecule has 1 aliphatic heterocycles. The number of carbonyl (C=O) groups excluding carboxylic acids is 1. The first-order valence-corrected chi connectivity index (χ1v) is 8.96. The average Bonchev–Trinajstić information content (AvgIpc) is 2.66. The molecule has 1 amide bonds. The second kappa shape index (κ2) is 10.5. The van der Waals surface area contributed by atoms with Gasteiger partial charge >= 0.3 is 6.09 Å². The van der Waals surface area contributed by atoms with E-state index in [9.17, 15) is 13.6 Å². The largest absolute Gasteiger partial charge is 0.488 e. The van der Waals surface area contributed by atoms with Crippen LogP contribution in [0, 0.1) is 0 Å². The smallest absolute Gasteiger partial charge is 0.409 e. The molecule has 1 saturated heterocycles. The number of hydrogen-bond acceptors (Lipinski definition) is 4. The molecule has 1 aliphatic rings. The van der Waals surface area contributed by atoms with Crippen LogP contribution in [-0.4, -0.2) is 55.7 Å². The number of amides is 1. The Morgan fingerprint density at radius 2 is 2.15 bits per heavy atom. The Bertz CT molecular complexity index is 635. The first-order valence-electron chi connectivity index (χ1n) is 8.96. The lowest BCUT2D eigenvalue weighted by Crippen LogP contribution is -2.48. The summed E-state index contributed by atoms with van der Waals surface area (Å²) in [5.74, 6) is 0.685. The van der Waals surface area contributed by atoms with Gasteiger partial charge in [0.25, 0.3) is 6.43 Å². The van der Waals surface area contributed by atoms with Crippen molar-refractivity contribution in [3.8, 4) is 5.75 Å². The molecular weight excluding hydrogens is 358 g/mol. The normalized spacial score (nSPS) is 15.7. The number of nitrogens with zero attached hydrogens (tertiary/aromatic N) is 2. The molecule has 0 bridgehead atoms. The van der Waals surface area contributed by atoms with Crippen LogP contribution < -0.4 is 15.8 Å². The Morgan fingerprint density at radius 3 is 2.81 bits per heavy atom. The number of halogens is 2. The highest BCUT2D eigenvalue weighted by atomic mass is 19.3. The molecule has 9 heteroatoms. The quantitative estimate of drug-likeness (QED) is 0.556. The molecule has 0 radical (unpaired) electrons. The molecule has 1 fully saturated rings. The van der Waals surface area contributed by atoms with Gasteiger partial charge in [-0.1, -0.05) is 12.1 Å². The number of carbonyl (C=O) groups is 1. The zero-order valence-corrected chi connectivity index (χ0v) is 15.4. The summed E-state index contributed by atoms with van der Waals surface area (Å²) in [7, 11) is 0. The topological polar surface area (TPSA) is 89.2 Å². The molecule has 1 heterocycles. The van der Waals surface area contributed by atoms with Gasteiger partial charge in [0, 0.05) is 19.1 Å². The van der Waals surface area contributed by atoms with E-state index in [4.69, 9.17) is 15.2 Å². The predicted octanol–water partition coefficient (Wildman–Crippen LogP) is 2.36. The zero-order chi connectivity index (χ0) is 19.6. The molecule has 0 unspecified atom stereocenters. The van der Waals surface area contributed by atoms with Gasteiger partial charge in [-0.05, 0) is 37.5 Å². The number of nitrogens with two attached hydrogens (primary N) is 1. The highest BCUT2D eigenvalue weighted by Gasteiger charge is 2.23. The highest BCUT2D eigenvalue weighted by Crippen LogP contribution is 2.15. The first kappa shape index (κ1) is 20.7. The van der Waals surface area contributed by atoms with E-state index >= 15 is 0 Å². The Labute approximate surface area is 157 Å². The van der Waals surface area contributed by atoms with Gasteiger partial charge in [-0.15, -0.1) is 0 Å². The number of alkyl halides is 2. The predicted molar refractivity (Wildman–Crippen MR) is 98.0 cm³/mol. The monoisotopic (exact) mass is 384 g/mol. The van der Waals surface area contributed by atoms with Crippen LogP contribution in [0.3, 0.4) is 0 Å². The molecular formula is C18H26F2N4O3. The number of ether oxygens (including phenoxy) is 2. The Hall–Kier alpha value is -2.58. The van der Waals surface area contributed by atoms with Gasteiger partial charge < -0.3 is 25.4 Å². The third-order valence-corrected chi connectivity index (χ3v) is 4.08. The van der Waals surface area contributed by atoms with Gasteiger partial charge in [0.15, 0.2) is 5.96 Å². The van der Waals surface area contributed by atoms with Crippen LogP contribution >= 0.6 is 0 Å². The number of rotatable bonds is 7. The number of hydrogen-bond donors (Lipinski definition) is 2. The number of aliphatic imine (C=N–C) groups is 1. The molecule has 3 N–H and O–H groups in total. The molecule has 0 aliphatic carbocycles. The number of nitrogens with one attached hydrogen (secondary N) is 1. The standard InChI is InChI=1S/C18H26F2N4O3/c1-2-26-18(25)24-8-6-14(7-9-24)23-17(21)22-11-13-4-3-5-15(10-13)27-12-16(19)20/h3-5,10,14,16H,2,6-9,11-12H2,1H3,(H3,21,22,23). The minimum absolute atomic E-state index is 0.139. The summed E-state index contributed by atoms with van der Waals surface area (Å²) in [6.45, 7) is 3.03. The molecule has 1 aromatic carbocycles. The van der Waals surface area contributed by atoms with Crippen molar-refractivity contribution in [1.82, 2.24) is 10.2 Å². The van der Waals surface area contributed by atoms with E-state index in [1.807, 2.05) is 6.07 Å². The molecule has 0 atom stereocenters. The lowest BCUT2D eigenvalue weighted by molar-refractivity contribution is 0.0818. The maximum atomic E-state index is 12.2. The SMILES string of the molecule is CCOC(=O)N1CCC(NC(N)=NCc2cccc(OCC(F)F)c2)CC1. The molecule has 2 rings (SSSR count). The minimum Gasteiger partial charge on any atom is -0.488 e. The van der Waals surface area contributed by atoms with E-state index in [1.165, 1.54) is 0 Å². The fourth-order valence-electron chi connectivity index (χ4n) is 2.75. The summed E-state index contributed by atoms with van der Waals surface area (Å²) < 4.78 is 34.4. The molecule has 0 spiro atoms. The zero-order valence-electron chi connectivity index (χ0n) is 15.4. The second-order valence-corrected chi connectivity index (χ2v) is 6.16. The molecule has 7 nitrogen and oxygen atoms in total. The maximum absolute atomic E-state index is 12.2. The van der Waals surface area contributed by atoms with Crippen LogP contribution in [0.2, 0.25) is 0 Å². The van der Waals surface area contributed by atoms with Crippen molar-refractivity contribution in [3.05, 3.63) is 29.8 Å². The van der Waals surface area contributed by atoms with Crippen molar-refractivity contribution in [1.29, 1.82) is 0 Å². The van der Waals surface area contributed by atoms with Crippen molar-refractivity contribution >= 4 is 12.1 Å². The molecule has 27 heavy (non-hydrogen) atoms. The van der Waals surface area contributed by atoms with E-state index in [2.05, 4.69) is 10.3 Å². The summed E-state index contributed by atoms with van der Waals surface area (Å²) in [5, 5.41) is 3.15. The van der Waals surface area contributed by atoms with Gasteiger partial charge in [-0.3, -0.25) is 0 Å². The Balaban J connectivity index is 1.78. The van der Waals surface area contributed by atoms with Gasteiger partial charge in [0.1, 0.15) is 12.4 Å². The third-order valence-electron chi connectivity index (χ3n) is 4.08. The highest BCUT2D eigenvalue weighted by molar-refractivity contribution is 5.78. The van der Waals surface area contributed by atoms with Crippen LogP contribution in [0.4, 0.5) is 13.6 Å². The van der Waals surface area contributed by atoms with Crippen LogP contribution in [0.5, 0.6) is 5.75 Å². The van der Waals surface area contributed by atoms with Gasteiger partial charge in [-0.25, -0.2) is 18.6 Å². The van der Waals surface area contributed by atoms with Gasteiger partial charge in [0.05, 0.1) is 13.2 Å². The van der Waals surface area contributed by atoms with E-state index in [-0.39, 0.29) is 12.1 Å². The first-order chi connectivity index (χ1) is 13.0. The third kappa shape index (κ3) is 7.28. The number of benzene rings is 1. The van der Waals surface area contributed by atoms with Crippen molar-refractivity contribution in [2.45, 2.75) is 38.8 Å². The number of likely N-dealkylation sites (tertiary alicyclic amines) is 1. The van der Waals surface area contributed by atoms with Crippen molar-refractivity contribution < 1.29 is 23.0 Å². The van der Waals surface area contributed by atoms with Crippen LogP contribution in [-0.2, 0) is 11.3 Å². The van der Waals surface area contributed by atoms with Crippen LogP contribution in [0.1, 0.15) is 25.3 Å². The van der Waals surface area contributed by atoms with Crippen LogP contribution in [0.25, 0.3) is 0 Å². The molecule has 0 saturated carbocycles. The van der Waals surface area contributed by atoms with Gasteiger partial charge in [0.2, 0.25) is 0 Å². The number of piperidine rings is 1. The lowest BCUT2D eigenvalue weighted by Gasteiger charge is -2.31. The summed E-state index contributed by atoms with van der Waals surface area (Å²) in [6, 6.07) is 6.97. The second-order valence-electron chi connectivity index (χ2n) is 6.16. The fraction of sp³-hybridized carbons (Fsp3) is 0.556. The average molecular weight is 384 g/mol. The summed E-state index contributed by atoms with van der Waals surface area (Å²) >= 11 is 0. The Kier molecular flexibility index (Phi) is 8.09. The summed E-state index contributed by atoms with van der Waals surface area (Å²) in [5.41, 5.74) is 6.74. The molecule has 0 aromatic heterocycles. The molecule has 150 valence electrons. The van der Waals surface area contributed by atoms with Crippen LogP contribution in [0.15, 0.2) is 29.3 Å². The number of guanidine groups is 1. The van der Waals surface area contributed by atoms with Crippen molar-refractivity contribution in [2.24, 2.45) is 10.7 Å². The molecule has 1 aromatic rings. The lowest BCUT2D eigenvalue weighted by atomic mass is 10.1. The minimum atomic E-state index is -2.51. The van der Waals surface area contributed by atoms with E-state index < -0.39 is 13.0 Å². The van der Waals surface area contributed by atoms with E-state index in [0.717, 1.165) is 18.4 Å². The van der Waals surface area contributed by atoms with Crippen molar-refractivity contribution in [2.75, 3.05) is 26.3 Å². The summed E-state index contributed by atoms with van der Waals surface area (Å²) in [4.78, 5) is 17.6. The van der Waals surface area contributed by atoms with E-state index in [0.29, 0.717) is 38.0 Å². The fourth-order valence-corrected chi connectivity index (χ4v) is 2.75.